The molecule has 3 aromatic heterocycles. The summed E-state index contributed by atoms with van der Waals surface area (Å²) in [5, 5.41) is 4.90. The molecule has 0 spiro atoms. The zero-order valence-corrected chi connectivity index (χ0v) is 15.5. The lowest BCUT2D eigenvalue weighted by Crippen LogP contribution is -2.25. The van der Waals surface area contributed by atoms with Crippen LogP contribution in [0.2, 0.25) is 0 Å². The van der Waals surface area contributed by atoms with Gasteiger partial charge in [0, 0.05) is 18.9 Å². The summed E-state index contributed by atoms with van der Waals surface area (Å²) in [5.74, 6) is 0.163. The molecule has 28 heavy (non-hydrogen) atoms. The smallest absolute Gasteiger partial charge is 0.263 e. The minimum absolute atomic E-state index is 0.180. The second-order valence-electron chi connectivity index (χ2n) is 6.52. The van der Waals surface area contributed by atoms with E-state index >= 15 is 0 Å². The van der Waals surface area contributed by atoms with Crippen molar-refractivity contribution in [1.29, 1.82) is 0 Å². The molecule has 0 unspecified atom stereocenters. The number of rotatable bonds is 4. The van der Waals surface area contributed by atoms with Gasteiger partial charge in [-0.05, 0) is 48.9 Å². The summed E-state index contributed by atoms with van der Waals surface area (Å²) < 4.78 is 16.5. The monoisotopic (exact) mass is 375 g/mol. The van der Waals surface area contributed by atoms with Crippen LogP contribution in [0.5, 0.6) is 0 Å². The molecule has 0 bridgehead atoms. The van der Waals surface area contributed by atoms with Crippen LogP contribution in [0.15, 0.2) is 53.5 Å². The fourth-order valence-electron chi connectivity index (χ4n) is 2.97. The average molecular weight is 375 g/mol. The van der Waals surface area contributed by atoms with E-state index in [9.17, 15) is 9.18 Å². The molecule has 0 N–H and O–H groups in total. The molecule has 0 amide bonds. The zero-order chi connectivity index (χ0) is 19.7. The Bertz CT molecular complexity index is 1220. The van der Waals surface area contributed by atoms with E-state index in [1.807, 2.05) is 20.0 Å². The summed E-state index contributed by atoms with van der Waals surface area (Å²) in [6, 6.07) is 11.5. The first-order chi connectivity index (χ1) is 13.5. The third-order valence-corrected chi connectivity index (χ3v) is 4.54. The maximum absolute atomic E-state index is 13.1. The fourth-order valence-corrected chi connectivity index (χ4v) is 2.97. The molecule has 7 heteroatoms. The van der Waals surface area contributed by atoms with Crippen LogP contribution < -0.4 is 5.56 Å². The third kappa shape index (κ3) is 3.46. The first-order valence-electron chi connectivity index (χ1n) is 8.80. The molecule has 0 fully saturated rings. The average Bonchev–Trinajstić information content (AvgIpc) is 3.01. The molecule has 4 rings (SSSR count). The predicted octanol–water partition coefficient (Wildman–Crippen LogP) is 3.19. The number of pyridine rings is 1. The van der Waals surface area contributed by atoms with Crippen LogP contribution in [0.4, 0.5) is 4.39 Å². The van der Waals surface area contributed by atoms with Gasteiger partial charge in [-0.3, -0.25) is 14.0 Å². The first-order valence-corrected chi connectivity index (χ1v) is 8.80. The standard InChI is InChI=1S/C21H18FN5O/c1-14-12-17(25-26(14)2)13-27-19(10-7-15-5-8-16(22)9-6-15)24-20-18(21(27)28)4-3-11-23-20/h3-12H,13H2,1-2H3/b10-7+. The molecule has 0 atom stereocenters. The number of hydrogen-bond acceptors (Lipinski definition) is 4. The molecule has 1 aromatic carbocycles. The van der Waals surface area contributed by atoms with E-state index in [-0.39, 0.29) is 11.4 Å². The van der Waals surface area contributed by atoms with Crippen molar-refractivity contribution in [2.24, 2.45) is 7.05 Å². The SMILES string of the molecule is Cc1cc(Cn2c(/C=C/c3ccc(F)cc3)nc3ncccc3c2=O)nn1C. The Morgan fingerprint density at radius 2 is 1.93 bits per heavy atom. The van der Waals surface area contributed by atoms with Crippen molar-refractivity contribution in [1.82, 2.24) is 24.3 Å². The Morgan fingerprint density at radius 3 is 2.64 bits per heavy atom. The topological polar surface area (TPSA) is 65.6 Å². The summed E-state index contributed by atoms with van der Waals surface area (Å²) in [5.41, 5.74) is 2.78. The Hall–Kier alpha value is -3.61. The molecular formula is C21H18FN5O. The van der Waals surface area contributed by atoms with Crippen molar-refractivity contribution in [3.63, 3.8) is 0 Å². The highest BCUT2D eigenvalue weighted by atomic mass is 19.1. The van der Waals surface area contributed by atoms with Gasteiger partial charge in [0.25, 0.3) is 5.56 Å². The minimum atomic E-state index is -0.299. The van der Waals surface area contributed by atoms with Gasteiger partial charge in [-0.1, -0.05) is 18.2 Å². The number of aryl methyl sites for hydroxylation is 2. The number of fused-ring (bicyclic) bond motifs is 1. The van der Waals surface area contributed by atoms with Crippen molar-refractivity contribution in [3.8, 4) is 0 Å². The molecule has 6 nitrogen and oxygen atoms in total. The first kappa shape index (κ1) is 17.8. The molecule has 0 saturated carbocycles. The van der Waals surface area contributed by atoms with E-state index in [4.69, 9.17) is 0 Å². The molecular weight excluding hydrogens is 357 g/mol. The van der Waals surface area contributed by atoms with Gasteiger partial charge in [0.05, 0.1) is 17.6 Å². The Balaban J connectivity index is 1.82. The highest BCUT2D eigenvalue weighted by Gasteiger charge is 2.12. The van der Waals surface area contributed by atoms with Crippen molar-refractivity contribution in [2.45, 2.75) is 13.5 Å². The van der Waals surface area contributed by atoms with E-state index < -0.39 is 0 Å². The Labute approximate surface area is 160 Å². The molecule has 3 heterocycles. The highest BCUT2D eigenvalue weighted by molar-refractivity contribution is 5.75. The lowest BCUT2D eigenvalue weighted by molar-refractivity contribution is 0.628. The second kappa shape index (κ2) is 7.19. The summed E-state index contributed by atoms with van der Waals surface area (Å²) in [4.78, 5) is 21.8. The van der Waals surface area contributed by atoms with Gasteiger partial charge in [0.2, 0.25) is 0 Å². The molecule has 0 aliphatic rings. The van der Waals surface area contributed by atoms with Gasteiger partial charge in [-0.15, -0.1) is 0 Å². The van der Waals surface area contributed by atoms with Gasteiger partial charge >= 0.3 is 0 Å². The maximum atomic E-state index is 13.1. The lowest BCUT2D eigenvalue weighted by atomic mass is 10.2. The van der Waals surface area contributed by atoms with Crippen LogP contribution in [0.1, 0.15) is 22.8 Å². The fraction of sp³-hybridized carbons (Fsp3) is 0.143. The van der Waals surface area contributed by atoms with E-state index in [2.05, 4.69) is 15.1 Å². The molecule has 4 aromatic rings. The summed E-state index contributed by atoms with van der Waals surface area (Å²) in [6.45, 7) is 2.25. The third-order valence-electron chi connectivity index (χ3n) is 4.54. The van der Waals surface area contributed by atoms with Crippen LogP contribution in [0.3, 0.4) is 0 Å². The largest absolute Gasteiger partial charge is 0.286 e. The van der Waals surface area contributed by atoms with Gasteiger partial charge in [0.15, 0.2) is 5.65 Å². The van der Waals surface area contributed by atoms with Crippen LogP contribution in [0, 0.1) is 12.7 Å². The summed E-state index contributed by atoms with van der Waals surface area (Å²) in [7, 11) is 1.86. The minimum Gasteiger partial charge on any atom is -0.286 e. The van der Waals surface area contributed by atoms with E-state index in [0.717, 1.165) is 17.0 Å². The second-order valence-corrected chi connectivity index (χ2v) is 6.52. The van der Waals surface area contributed by atoms with Crippen LogP contribution >= 0.6 is 0 Å². The predicted molar refractivity (Wildman–Crippen MR) is 106 cm³/mol. The molecule has 0 aliphatic heterocycles. The van der Waals surface area contributed by atoms with Gasteiger partial charge in [-0.2, -0.15) is 5.10 Å². The van der Waals surface area contributed by atoms with Crippen LogP contribution in [-0.4, -0.2) is 24.3 Å². The van der Waals surface area contributed by atoms with Gasteiger partial charge in [0.1, 0.15) is 11.6 Å². The number of nitrogens with zero attached hydrogens (tertiary/aromatic N) is 5. The Morgan fingerprint density at radius 1 is 1.14 bits per heavy atom. The summed E-state index contributed by atoms with van der Waals surface area (Å²) >= 11 is 0. The van der Waals surface area contributed by atoms with E-state index in [1.54, 1.807) is 51.9 Å². The number of benzene rings is 1. The molecule has 140 valence electrons. The summed E-state index contributed by atoms with van der Waals surface area (Å²) in [6.07, 6.45) is 5.13. The number of hydrogen-bond donors (Lipinski definition) is 0. The van der Waals surface area contributed by atoms with Gasteiger partial charge < -0.3 is 0 Å². The van der Waals surface area contributed by atoms with Crippen molar-refractivity contribution in [2.75, 3.05) is 0 Å². The van der Waals surface area contributed by atoms with Crippen molar-refractivity contribution >= 4 is 23.2 Å². The van der Waals surface area contributed by atoms with Crippen molar-refractivity contribution < 1.29 is 4.39 Å². The quantitative estimate of drug-likeness (QED) is 0.549. The number of aromatic nitrogens is 5. The number of halogens is 1. The van der Waals surface area contributed by atoms with E-state index in [1.165, 1.54) is 12.1 Å². The van der Waals surface area contributed by atoms with Gasteiger partial charge in [-0.25, -0.2) is 14.4 Å². The normalized spacial score (nSPS) is 11.5. The lowest BCUT2D eigenvalue weighted by Gasteiger charge is -2.09. The molecule has 0 radical (unpaired) electrons. The zero-order valence-electron chi connectivity index (χ0n) is 15.5. The molecule has 0 saturated heterocycles. The molecule has 0 aliphatic carbocycles. The Kier molecular flexibility index (Phi) is 4.57. The van der Waals surface area contributed by atoms with Crippen LogP contribution in [-0.2, 0) is 13.6 Å². The van der Waals surface area contributed by atoms with E-state index in [0.29, 0.717) is 23.4 Å². The van der Waals surface area contributed by atoms with Crippen LogP contribution in [0.25, 0.3) is 23.2 Å². The maximum Gasteiger partial charge on any atom is 0.263 e. The highest BCUT2D eigenvalue weighted by Crippen LogP contribution is 2.12. The van der Waals surface area contributed by atoms with Crippen molar-refractivity contribution in [3.05, 3.63) is 87.6 Å².